The first kappa shape index (κ1) is 22.9. The Kier molecular flexibility index (Phi) is 9.35. The van der Waals surface area contributed by atoms with Gasteiger partial charge >= 0.3 is 7.82 Å². The van der Waals surface area contributed by atoms with Gasteiger partial charge in [0.15, 0.2) is 10.1 Å². The second-order valence-electron chi connectivity index (χ2n) is 6.91. The normalized spacial score (nSPS) is 12.8. The van der Waals surface area contributed by atoms with Gasteiger partial charge in [0.2, 0.25) is 0 Å². The lowest BCUT2D eigenvalue weighted by atomic mass is 9.98. The van der Waals surface area contributed by atoms with E-state index >= 15 is 0 Å². The maximum Gasteiger partial charge on any atom is 0.472 e. The fourth-order valence-corrected chi connectivity index (χ4v) is 1.90. The maximum atomic E-state index is 11.6. The molecule has 1 N–H and O–H groups in total. The van der Waals surface area contributed by atoms with Gasteiger partial charge in [-0.1, -0.05) is 41.5 Å². The number of thiocarbonyl (C=S) groups is 2. The molecule has 0 bridgehead atoms. The Morgan fingerprint density at radius 1 is 0.826 bits per heavy atom. The zero-order valence-corrected chi connectivity index (χ0v) is 17.1. The van der Waals surface area contributed by atoms with Crippen LogP contribution in [-0.4, -0.2) is 41.4 Å². The van der Waals surface area contributed by atoms with Crippen molar-refractivity contribution in [2.24, 2.45) is 10.8 Å². The van der Waals surface area contributed by atoms with Crippen molar-refractivity contribution in [1.29, 1.82) is 0 Å². The molecule has 0 radical (unpaired) electrons. The van der Waals surface area contributed by atoms with Gasteiger partial charge in [-0.05, 0) is 24.4 Å². The highest BCUT2D eigenvalue weighted by molar-refractivity contribution is 7.80. The highest BCUT2D eigenvalue weighted by Gasteiger charge is 2.23. The van der Waals surface area contributed by atoms with Crippen molar-refractivity contribution in [1.82, 2.24) is 0 Å². The number of hydrogen-bond donors (Lipinski definition) is 1. The van der Waals surface area contributed by atoms with E-state index < -0.39 is 7.82 Å². The first-order valence-electron chi connectivity index (χ1n) is 7.22. The predicted octanol–water partition coefficient (Wildman–Crippen LogP) is 3.90. The molecule has 0 heterocycles. The van der Waals surface area contributed by atoms with Gasteiger partial charge < -0.3 is 14.4 Å². The van der Waals surface area contributed by atoms with Gasteiger partial charge in [0.1, 0.15) is 13.2 Å². The number of ether oxygens (including phenoxy) is 2. The van der Waals surface area contributed by atoms with Crippen LogP contribution in [0.15, 0.2) is 0 Å². The molecule has 0 unspecified atom stereocenters. The molecule has 6 nitrogen and oxygen atoms in total. The van der Waals surface area contributed by atoms with Crippen LogP contribution in [-0.2, 0) is 23.1 Å². The highest BCUT2D eigenvalue weighted by Crippen LogP contribution is 2.42. The summed E-state index contributed by atoms with van der Waals surface area (Å²) in [7, 11) is -4.14. The Hall–Kier alpha value is -0.110. The summed E-state index contributed by atoms with van der Waals surface area (Å²) in [6.07, 6.45) is 0. The molecule has 0 saturated carbocycles. The van der Waals surface area contributed by atoms with Gasteiger partial charge in [-0.15, -0.1) is 0 Å². The molecule has 0 aliphatic rings. The Labute approximate surface area is 149 Å². The quantitative estimate of drug-likeness (QED) is 0.382. The monoisotopic (exact) mass is 386 g/mol. The first-order chi connectivity index (χ1) is 10.3. The Morgan fingerprint density at radius 3 is 1.39 bits per heavy atom. The number of phosphoric ester groups is 1. The second kappa shape index (κ2) is 9.39. The van der Waals surface area contributed by atoms with Gasteiger partial charge in [0.05, 0.1) is 13.2 Å². The van der Waals surface area contributed by atoms with Crippen LogP contribution in [0.3, 0.4) is 0 Å². The minimum atomic E-state index is -4.14. The zero-order valence-electron chi connectivity index (χ0n) is 14.6. The highest BCUT2D eigenvalue weighted by atomic mass is 32.1. The van der Waals surface area contributed by atoms with E-state index in [0.29, 0.717) is 10.1 Å². The van der Waals surface area contributed by atoms with E-state index in [1.54, 1.807) is 0 Å². The third-order valence-electron chi connectivity index (χ3n) is 2.37. The van der Waals surface area contributed by atoms with Crippen molar-refractivity contribution in [3.05, 3.63) is 0 Å². The van der Waals surface area contributed by atoms with Crippen molar-refractivity contribution >= 4 is 42.4 Å². The molecule has 0 spiro atoms. The molecular weight excluding hydrogens is 359 g/mol. The number of phosphoric acid groups is 1. The van der Waals surface area contributed by atoms with Gasteiger partial charge in [-0.25, -0.2) is 4.57 Å². The molecule has 0 fully saturated rings. The van der Waals surface area contributed by atoms with Crippen molar-refractivity contribution in [3.8, 4) is 0 Å². The summed E-state index contributed by atoms with van der Waals surface area (Å²) in [4.78, 5) is 9.50. The number of hydrogen-bond acceptors (Lipinski definition) is 7. The molecule has 0 aromatic heterocycles. The van der Waals surface area contributed by atoms with Gasteiger partial charge in [-0.2, -0.15) is 0 Å². The molecule has 0 amide bonds. The smallest absolute Gasteiger partial charge is 0.472 e. The van der Waals surface area contributed by atoms with E-state index in [0.717, 1.165) is 0 Å². The Bertz CT molecular complexity index is 415. The van der Waals surface area contributed by atoms with Crippen LogP contribution in [0, 0.1) is 10.8 Å². The summed E-state index contributed by atoms with van der Waals surface area (Å²) in [5.41, 5.74) is -0.533. The van der Waals surface area contributed by atoms with Crippen molar-refractivity contribution in [3.63, 3.8) is 0 Å². The molecule has 9 heteroatoms. The molecule has 0 aromatic carbocycles. The summed E-state index contributed by atoms with van der Waals surface area (Å²) in [5, 5.41) is 0.831. The topological polar surface area (TPSA) is 74.2 Å². The standard InChI is InChI=1S/C14H27O6PS2/c1-13(2,3)11(22)17-7-9-19-21(15,16)20-10-8-18-12(23)14(4,5)6/h7-10H2,1-6H3,(H,15,16). The summed E-state index contributed by atoms with van der Waals surface area (Å²) in [6, 6.07) is 0. The largest absolute Gasteiger partial charge is 0.484 e. The van der Waals surface area contributed by atoms with Crippen LogP contribution in [0.4, 0.5) is 0 Å². The molecule has 0 saturated heterocycles. The predicted molar refractivity (Wildman–Crippen MR) is 97.7 cm³/mol. The van der Waals surface area contributed by atoms with E-state index in [9.17, 15) is 9.46 Å². The third-order valence-corrected chi connectivity index (χ3v) is 4.84. The zero-order chi connectivity index (χ0) is 18.3. The molecule has 0 rings (SSSR count). The maximum absolute atomic E-state index is 11.6. The fraction of sp³-hybridized carbons (Fsp3) is 0.857. The SMILES string of the molecule is CC(C)(C)C(=S)OCCOP(=O)(O)OCCOC(=S)C(C)(C)C. The molecular formula is C14H27O6PS2. The van der Waals surface area contributed by atoms with Gasteiger partial charge in [-0.3, -0.25) is 9.05 Å². The van der Waals surface area contributed by atoms with Crippen LogP contribution >= 0.6 is 32.3 Å². The van der Waals surface area contributed by atoms with E-state index in [2.05, 4.69) is 0 Å². The Balaban J connectivity index is 3.92. The summed E-state index contributed by atoms with van der Waals surface area (Å²) < 4.78 is 31.7. The van der Waals surface area contributed by atoms with Crippen molar-refractivity contribution < 1.29 is 28.0 Å². The van der Waals surface area contributed by atoms with Crippen LogP contribution in [0.5, 0.6) is 0 Å². The van der Waals surface area contributed by atoms with E-state index in [4.69, 9.17) is 43.0 Å². The molecule has 0 aromatic rings. The lowest BCUT2D eigenvalue weighted by Gasteiger charge is -2.21. The van der Waals surface area contributed by atoms with Crippen molar-refractivity contribution in [2.45, 2.75) is 41.5 Å². The molecule has 0 atom stereocenters. The summed E-state index contributed by atoms with van der Waals surface area (Å²) >= 11 is 10.1. The molecule has 136 valence electrons. The Morgan fingerprint density at radius 2 is 1.13 bits per heavy atom. The van der Waals surface area contributed by atoms with E-state index in [1.165, 1.54) is 0 Å². The van der Waals surface area contributed by atoms with Crippen LogP contribution in [0.2, 0.25) is 0 Å². The van der Waals surface area contributed by atoms with Gasteiger partial charge in [0, 0.05) is 10.8 Å². The molecule has 0 aliphatic heterocycles. The molecule has 0 aliphatic carbocycles. The molecule has 23 heavy (non-hydrogen) atoms. The third kappa shape index (κ3) is 11.1. The lowest BCUT2D eigenvalue weighted by Crippen LogP contribution is -2.23. The van der Waals surface area contributed by atoms with Gasteiger partial charge in [0.25, 0.3) is 0 Å². The van der Waals surface area contributed by atoms with E-state index in [1.807, 2.05) is 41.5 Å². The van der Waals surface area contributed by atoms with Crippen molar-refractivity contribution in [2.75, 3.05) is 26.4 Å². The lowest BCUT2D eigenvalue weighted by molar-refractivity contribution is 0.108. The minimum Gasteiger partial charge on any atom is -0.484 e. The summed E-state index contributed by atoms with van der Waals surface area (Å²) in [6.45, 7) is 11.4. The van der Waals surface area contributed by atoms with Crippen LogP contribution < -0.4 is 0 Å². The van der Waals surface area contributed by atoms with E-state index in [-0.39, 0.29) is 37.3 Å². The number of rotatable bonds is 8. The average molecular weight is 386 g/mol. The average Bonchev–Trinajstić information content (AvgIpc) is 2.37. The fourth-order valence-electron chi connectivity index (χ4n) is 1.04. The second-order valence-corrected chi connectivity index (χ2v) is 9.10. The summed E-state index contributed by atoms with van der Waals surface area (Å²) in [5.74, 6) is 0. The first-order valence-corrected chi connectivity index (χ1v) is 9.53. The van der Waals surface area contributed by atoms with Crippen LogP contribution in [0.1, 0.15) is 41.5 Å². The van der Waals surface area contributed by atoms with Crippen LogP contribution in [0.25, 0.3) is 0 Å². The minimum absolute atomic E-state index is 0.0780.